The summed E-state index contributed by atoms with van der Waals surface area (Å²) in [6.07, 6.45) is 0.431. The topological polar surface area (TPSA) is 60.4 Å². The monoisotopic (exact) mass is 212 g/mol. The predicted octanol–water partition coefficient (Wildman–Crippen LogP) is 0.990. The third kappa shape index (κ3) is 1.43. The maximum absolute atomic E-state index is 11.8. The van der Waals surface area contributed by atoms with E-state index in [1.807, 2.05) is 0 Å². The SMILES string of the molecule is O=S(=O)(c1ccccc1)C1CCN1[O-]. The first-order chi connectivity index (χ1) is 6.62. The Balaban J connectivity index is 2.34. The Morgan fingerprint density at radius 2 is 1.93 bits per heavy atom. The number of rotatable bonds is 2. The van der Waals surface area contributed by atoms with Gasteiger partial charge in [-0.05, 0) is 25.1 Å². The van der Waals surface area contributed by atoms with E-state index in [2.05, 4.69) is 0 Å². The van der Waals surface area contributed by atoms with Crippen LogP contribution < -0.4 is 0 Å². The maximum atomic E-state index is 11.8. The van der Waals surface area contributed by atoms with Crippen molar-refractivity contribution in [3.05, 3.63) is 35.5 Å². The quantitative estimate of drug-likeness (QED) is 0.733. The minimum Gasteiger partial charge on any atom is -0.784 e. The molecule has 0 spiro atoms. The summed E-state index contributed by atoms with van der Waals surface area (Å²) in [5.41, 5.74) is 0. The Hall–Kier alpha value is -0.910. The first-order valence-electron chi connectivity index (χ1n) is 4.35. The molecule has 1 aromatic carbocycles. The van der Waals surface area contributed by atoms with Gasteiger partial charge < -0.3 is 10.3 Å². The molecule has 0 saturated carbocycles. The number of sulfone groups is 1. The molecule has 2 rings (SSSR count). The second kappa shape index (κ2) is 3.34. The molecule has 76 valence electrons. The Morgan fingerprint density at radius 1 is 1.29 bits per heavy atom. The van der Waals surface area contributed by atoms with Crippen LogP contribution in [-0.2, 0) is 9.84 Å². The lowest BCUT2D eigenvalue weighted by atomic mass is 10.3. The molecule has 1 atom stereocenters. The van der Waals surface area contributed by atoms with Crippen molar-refractivity contribution in [1.29, 1.82) is 0 Å². The van der Waals surface area contributed by atoms with Gasteiger partial charge >= 0.3 is 0 Å². The molecule has 14 heavy (non-hydrogen) atoms. The second-order valence-corrected chi connectivity index (χ2v) is 5.35. The van der Waals surface area contributed by atoms with Crippen molar-refractivity contribution in [2.45, 2.75) is 16.7 Å². The number of nitrogens with zero attached hydrogens (tertiary/aromatic N) is 1. The van der Waals surface area contributed by atoms with Crippen LogP contribution in [-0.4, -0.2) is 25.4 Å². The standard InChI is InChI=1S/C9H10NO3S/c11-10-7-6-9(10)14(12,13)8-4-2-1-3-5-8/h1-5,9H,6-7H2/q-1. The zero-order chi connectivity index (χ0) is 10.2. The molecule has 1 aliphatic heterocycles. The number of hydroxylamine groups is 2. The van der Waals surface area contributed by atoms with E-state index >= 15 is 0 Å². The molecule has 1 saturated heterocycles. The minimum absolute atomic E-state index is 0.227. The summed E-state index contributed by atoms with van der Waals surface area (Å²) in [5.74, 6) is 0. The Bertz CT molecular complexity index is 415. The van der Waals surface area contributed by atoms with Gasteiger partial charge in [0.05, 0.1) is 4.90 Å². The lowest BCUT2D eigenvalue weighted by Crippen LogP contribution is -2.48. The van der Waals surface area contributed by atoms with E-state index in [0.29, 0.717) is 18.0 Å². The molecule has 0 aromatic heterocycles. The van der Waals surface area contributed by atoms with Crippen molar-refractivity contribution in [1.82, 2.24) is 5.06 Å². The molecule has 0 radical (unpaired) electrons. The summed E-state index contributed by atoms with van der Waals surface area (Å²) < 4.78 is 23.6. The van der Waals surface area contributed by atoms with E-state index in [9.17, 15) is 13.6 Å². The van der Waals surface area contributed by atoms with Crippen LogP contribution in [0, 0.1) is 5.21 Å². The van der Waals surface area contributed by atoms with E-state index < -0.39 is 15.2 Å². The molecule has 1 fully saturated rings. The molecule has 0 aliphatic carbocycles. The van der Waals surface area contributed by atoms with Crippen LogP contribution in [0.5, 0.6) is 0 Å². The Kier molecular flexibility index (Phi) is 2.30. The summed E-state index contributed by atoms with van der Waals surface area (Å²) >= 11 is 0. The first-order valence-corrected chi connectivity index (χ1v) is 5.90. The number of benzene rings is 1. The summed E-state index contributed by atoms with van der Waals surface area (Å²) in [6.45, 7) is 0.316. The first kappa shape index (κ1) is 9.64. The lowest BCUT2D eigenvalue weighted by Gasteiger charge is -2.45. The van der Waals surface area contributed by atoms with Crippen molar-refractivity contribution in [2.75, 3.05) is 6.54 Å². The molecule has 0 amide bonds. The van der Waals surface area contributed by atoms with E-state index in [0.717, 1.165) is 0 Å². The summed E-state index contributed by atoms with van der Waals surface area (Å²) in [4.78, 5) is 0.227. The van der Waals surface area contributed by atoms with Crippen molar-refractivity contribution in [2.24, 2.45) is 0 Å². The van der Waals surface area contributed by atoms with Crippen LogP contribution in [0.1, 0.15) is 6.42 Å². The zero-order valence-corrected chi connectivity index (χ0v) is 8.28. The Labute approximate surface area is 82.7 Å². The average Bonchev–Trinajstić information content (AvgIpc) is 2.16. The maximum Gasteiger partial charge on any atom is 0.193 e. The molecule has 4 nitrogen and oxygen atoms in total. The highest BCUT2D eigenvalue weighted by molar-refractivity contribution is 7.92. The van der Waals surface area contributed by atoms with Gasteiger partial charge in [-0.25, -0.2) is 8.42 Å². The van der Waals surface area contributed by atoms with Gasteiger partial charge in [-0.3, -0.25) is 0 Å². The van der Waals surface area contributed by atoms with E-state index in [4.69, 9.17) is 0 Å². The molecular formula is C9H10NO3S-. The van der Waals surface area contributed by atoms with E-state index in [-0.39, 0.29) is 4.90 Å². The van der Waals surface area contributed by atoms with E-state index in [1.54, 1.807) is 18.2 Å². The van der Waals surface area contributed by atoms with Crippen LogP contribution >= 0.6 is 0 Å². The van der Waals surface area contributed by atoms with E-state index in [1.165, 1.54) is 12.1 Å². The highest BCUT2D eigenvalue weighted by Crippen LogP contribution is 2.26. The van der Waals surface area contributed by atoms with Crippen LogP contribution in [0.15, 0.2) is 35.2 Å². The summed E-state index contributed by atoms with van der Waals surface area (Å²) in [7, 11) is -3.44. The van der Waals surface area contributed by atoms with Gasteiger partial charge in [0.25, 0.3) is 0 Å². The number of hydrogen-bond acceptors (Lipinski definition) is 4. The Morgan fingerprint density at radius 3 is 2.36 bits per heavy atom. The molecule has 1 unspecified atom stereocenters. The van der Waals surface area contributed by atoms with Gasteiger partial charge in [-0.15, -0.1) is 0 Å². The molecule has 0 N–H and O–H groups in total. The van der Waals surface area contributed by atoms with Crippen LogP contribution in [0.4, 0.5) is 0 Å². The summed E-state index contributed by atoms with van der Waals surface area (Å²) in [6, 6.07) is 8.08. The fourth-order valence-corrected chi connectivity index (χ4v) is 3.10. The third-order valence-electron chi connectivity index (χ3n) is 2.35. The molecule has 5 heteroatoms. The normalized spacial score (nSPS) is 23.1. The molecule has 1 aromatic rings. The smallest absolute Gasteiger partial charge is 0.193 e. The van der Waals surface area contributed by atoms with Crippen LogP contribution in [0.2, 0.25) is 0 Å². The van der Waals surface area contributed by atoms with Crippen molar-refractivity contribution < 1.29 is 8.42 Å². The van der Waals surface area contributed by atoms with Crippen LogP contribution in [0.25, 0.3) is 0 Å². The molecule has 1 heterocycles. The molecule has 0 bridgehead atoms. The lowest BCUT2D eigenvalue weighted by molar-refractivity contribution is 0.221. The minimum atomic E-state index is -3.44. The van der Waals surface area contributed by atoms with Gasteiger partial charge in [-0.1, -0.05) is 18.2 Å². The average molecular weight is 212 g/mol. The van der Waals surface area contributed by atoms with Crippen molar-refractivity contribution >= 4 is 9.84 Å². The zero-order valence-electron chi connectivity index (χ0n) is 7.46. The highest BCUT2D eigenvalue weighted by atomic mass is 32.2. The van der Waals surface area contributed by atoms with Crippen LogP contribution in [0.3, 0.4) is 0 Å². The molecule has 1 aliphatic rings. The van der Waals surface area contributed by atoms with Gasteiger partial charge in [0, 0.05) is 0 Å². The fourth-order valence-electron chi connectivity index (χ4n) is 1.42. The van der Waals surface area contributed by atoms with Gasteiger partial charge in [0.1, 0.15) is 5.37 Å². The van der Waals surface area contributed by atoms with Crippen molar-refractivity contribution in [3.8, 4) is 0 Å². The van der Waals surface area contributed by atoms with Crippen molar-refractivity contribution in [3.63, 3.8) is 0 Å². The number of hydrogen-bond donors (Lipinski definition) is 0. The predicted molar refractivity (Wildman–Crippen MR) is 52.1 cm³/mol. The second-order valence-electron chi connectivity index (χ2n) is 3.24. The highest BCUT2D eigenvalue weighted by Gasteiger charge is 2.34. The molecular weight excluding hydrogens is 202 g/mol. The third-order valence-corrected chi connectivity index (χ3v) is 4.46. The summed E-state index contributed by atoms with van der Waals surface area (Å²) in [5, 5.41) is 10.7. The van der Waals surface area contributed by atoms with Gasteiger partial charge in [0.2, 0.25) is 0 Å². The van der Waals surface area contributed by atoms with Gasteiger partial charge in [-0.2, -0.15) is 0 Å². The largest absolute Gasteiger partial charge is 0.784 e. The van der Waals surface area contributed by atoms with Gasteiger partial charge in [0.15, 0.2) is 9.84 Å². The fraction of sp³-hybridized carbons (Fsp3) is 0.333.